The van der Waals surface area contributed by atoms with Crippen molar-refractivity contribution in [1.82, 2.24) is 14.9 Å². The maximum absolute atomic E-state index is 12.5. The lowest BCUT2D eigenvalue weighted by Gasteiger charge is -2.24. The van der Waals surface area contributed by atoms with Crippen LogP contribution in [0.2, 0.25) is 0 Å². The van der Waals surface area contributed by atoms with Crippen LogP contribution in [-0.2, 0) is 13.1 Å². The number of hydrogen-bond donors (Lipinski definition) is 2. The lowest BCUT2D eigenvalue weighted by atomic mass is 10.1. The van der Waals surface area contributed by atoms with Gasteiger partial charge in [0.15, 0.2) is 0 Å². The van der Waals surface area contributed by atoms with Crippen LogP contribution in [0.3, 0.4) is 0 Å². The highest BCUT2D eigenvalue weighted by Gasteiger charge is 2.16. The number of fused-ring (bicyclic) bond motifs is 1. The number of rotatable bonds is 8. The summed E-state index contributed by atoms with van der Waals surface area (Å²) in [5.74, 6) is 0.647. The number of nitrogens with zero attached hydrogens (tertiary/aromatic N) is 2. The van der Waals surface area contributed by atoms with Crippen molar-refractivity contribution in [3.63, 3.8) is 0 Å². The Kier molecular flexibility index (Phi) is 6.42. The second-order valence-electron chi connectivity index (χ2n) is 7.07. The predicted molar refractivity (Wildman–Crippen MR) is 111 cm³/mol. The molecular weight excluding hydrogens is 358 g/mol. The zero-order valence-corrected chi connectivity index (χ0v) is 17.0. The van der Waals surface area contributed by atoms with E-state index in [2.05, 4.69) is 28.9 Å². The van der Waals surface area contributed by atoms with Gasteiger partial charge < -0.3 is 10.1 Å². The lowest BCUT2D eigenvalue weighted by Crippen LogP contribution is -2.33. The van der Waals surface area contributed by atoms with Gasteiger partial charge in [-0.1, -0.05) is 43.7 Å². The Hall–Kier alpha value is -2.02. The summed E-state index contributed by atoms with van der Waals surface area (Å²) in [4.78, 5) is 24.2. The average Bonchev–Trinajstić information content (AvgIpc) is 2.90. The van der Waals surface area contributed by atoms with E-state index in [0.29, 0.717) is 30.8 Å². The molecule has 1 atom stereocenters. The molecule has 0 bridgehead atoms. The number of benzene rings is 1. The van der Waals surface area contributed by atoms with Crippen LogP contribution in [0, 0.1) is 13.8 Å². The number of aromatic amines is 1. The fourth-order valence-corrected chi connectivity index (χ4v) is 4.38. The maximum atomic E-state index is 12.5. The molecule has 0 aliphatic carbocycles. The first kappa shape index (κ1) is 19.7. The van der Waals surface area contributed by atoms with Crippen molar-refractivity contribution in [3.05, 3.63) is 62.5 Å². The molecule has 1 aromatic carbocycles. The van der Waals surface area contributed by atoms with Gasteiger partial charge in [-0.05, 0) is 31.4 Å². The number of aromatic nitrogens is 2. The molecule has 3 aromatic rings. The van der Waals surface area contributed by atoms with E-state index in [0.717, 1.165) is 28.1 Å². The minimum absolute atomic E-state index is 0.0781. The Morgan fingerprint density at radius 1 is 1.22 bits per heavy atom. The predicted octanol–water partition coefficient (Wildman–Crippen LogP) is 3.76. The normalized spacial score (nSPS) is 12.8. The van der Waals surface area contributed by atoms with Gasteiger partial charge in [0.2, 0.25) is 0 Å². The highest BCUT2D eigenvalue weighted by molar-refractivity contribution is 7.18. The topological polar surface area (TPSA) is 69.2 Å². The van der Waals surface area contributed by atoms with E-state index in [1.54, 1.807) is 11.3 Å². The van der Waals surface area contributed by atoms with E-state index in [9.17, 15) is 9.90 Å². The number of aryl methyl sites for hydroxylation is 2. The number of nitrogens with one attached hydrogen (secondary N) is 1. The summed E-state index contributed by atoms with van der Waals surface area (Å²) in [6.45, 7) is 7.80. The van der Waals surface area contributed by atoms with Crippen LogP contribution in [0.4, 0.5) is 0 Å². The van der Waals surface area contributed by atoms with Crippen molar-refractivity contribution in [2.75, 3.05) is 6.54 Å². The highest BCUT2D eigenvalue weighted by Crippen LogP contribution is 2.25. The third-order valence-electron chi connectivity index (χ3n) is 4.80. The Morgan fingerprint density at radius 2 is 1.96 bits per heavy atom. The van der Waals surface area contributed by atoms with E-state index >= 15 is 0 Å². The number of hydrogen-bond acceptors (Lipinski definition) is 5. The quantitative estimate of drug-likeness (QED) is 0.619. The fraction of sp³-hybridized carbons (Fsp3) is 0.429. The van der Waals surface area contributed by atoms with Gasteiger partial charge >= 0.3 is 0 Å². The Labute approximate surface area is 163 Å². The van der Waals surface area contributed by atoms with E-state index in [1.807, 2.05) is 32.0 Å². The molecule has 0 fully saturated rings. The first-order chi connectivity index (χ1) is 13.0. The monoisotopic (exact) mass is 385 g/mol. The Morgan fingerprint density at radius 3 is 2.67 bits per heavy atom. The molecule has 0 aliphatic rings. The summed E-state index contributed by atoms with van der Waals surface area (Å²) in [6, 6.07) is 10.2. The van der Waals surface area contributed by atoms with Crippen LogP contribution in [0.15, 0.2) is 35.1 Å². The molecule has 0 saturated heterocycles. The minimum Gasteiger partial charge on any atom is -0.392 e. The van der Waals surface area contributed by atoms with Crippen molar-refractivity contribution < 1.29 is 5.11 Å². The number of thiophene rings is 1. The number of aliphatic hydroxyl groups excluding tert-OH is 1. The van der Waals surface area contributed by atoms with Crippen molar-refractivity contribution >= 4 is 21.6 Å². The van der Waals surface area contributed by atoms with Gasteiger partial charge in [-0.3, -0.25) is 9.69 Å². The van der Waals surface area contributed by atoms with E-state index in [1.165, 1.54) is 5.56 Å². The van der Waals surface area contributed by atoms with Crippen LogP contribution in [0.25, 0.3) is 10.2 Å². The van der Waals surface area contributed by atoms with Crippen LogP contribution < -0.4 is 5.56 Å². The maximum Gasteiger partial charge on any atom is 0.259 e. The molecule has 0 amide bonds. The molecule has 2 heterocycles. The SMILES string of the molecule is CCCC(O)CN(Cc1ccccc1)Cc1nc2sc(C)c(C)c2c(=O)[nH]1. The molecular formula is C21H27N3O2S. The van der Waals surface area contributed by atoms with Gasteiger partial charge in [-0.25, -0.2) is 4.98 Å². The lowest BCUT2D eigenvalue weighted by molar-refractivity contribution is 0.0957. The molecule has 5 nitrogen and oxygen atoms in total. The molecule has 2 aromatic heterocycles. The highest BCUT2D eigenvalue weighted by atomic mass is 32.1. The van der Waals surface area contributed by atoms with Crippen molar-refractivity contribution in [1.29, 1.82) is 0 Å². The number of H-pyrrole nitrogens is 1. The number of aliphatic hydroxyl groups is 1. The van der Waals surface area contributed by atoms with Crippen molar-refractivity contribution in [3.8, 4) is 0 Å². The summed E-state index contributed by atoms with van der Waals surface area (Å²) in [7, 11) is 0. The third kappa shape index (κ3) is 4.83. The zero-order chi connectivity index (χ0) is 19.4. The van der Waals surface area contributed by atoms with Gasteiger partial charge in [0.1, 0.15) is 10.7 Å². The second-order valence-corrected chi connectivity index (χ2v) is 8.28. The fourth-order valence-electron chi connectivity index (χ4n) is 3.34. The Bertz CT molecular complexity index is 949. The largest absolute Gasteiger partial charge is 0.392 e. The van der Waals surface area contributed by atoms with Crippen LogP contribution >= 0.6 is 11.3 Å². The third-order valence-corrected chi connectivity index (χ3v) is 5.90. The minimum atomic E-state index is -0.389. The summed E-state index contributed by atoms with van der Waals surface area (Å²) in [5, 5.41) is 11.0. The first-order valence-corrected chi connectivity index (χ1v) is 10.2. The smallest absolute Gasteiger partial charge is 0.259 e. The molecule has 27 heavy (non-hydrogen) atoms. The van der Waals surface area contributed by atoms with Gasteiger partial charge in [-0.2, -0.15) is 0 Å². The molecule has 0 saturated carbocycles. The van der Waals surface area contributed by atoms with Gasteiger partial charge in [0, 0.05) is 18.0 Å². The molecule has 0 spiro atoms. The second kappa shape index (κ2) is 8.78. The van der Waals surface area contributed by atoms with Gasteiger partial charge in [0.05, 0.1) is 18.0 Å². The average molecular weight is 386 g/mol. The van der Waals surface area contributed by atoms with E-state index < -0.39 is 0 Å². The van der Waals surface area contributed by atoms with Crippen molar-refractivity contribution in [2.24, 2.45) is 0 Å². The van der Waals surface area contributed by atoms with E-state index in [-0.39, 0.29) is 11.7 Å². The molecule has 0 radical (unpaired) electrons. The van der Waals surface area contributed by atoms with Gasteiger partial charge in [0.25, 0.3) is 5.56 Å². The first-order valence-electron chi connectivity index (χ1n) is 9.41. The molecule has 3 rings (SSSR count). The van der Waals surface area contributed by atoms with E-state index in [4.69, 9.17) is 4.98 Å². The summed E-state index contributed by atoms with van der Waals surface area (Å²) >= 11 is 1.56. The zero-order valence-electron chi connectivity index (χ0n) is 16.2. The van der Waals surface area contributed by atoms with Crippen LogP contribution in [-0.4, -0.2) is 32.6 Å². The van der Waals surface area contributed by atoms with Gasteiger partial charge in [-0.15, -0.1) is 11.3 Å². The Balaban J connectivity index is 1.86. The summed E-state index contributed by atoms with van der Waals surface area (Å²) in [5.41, 5.74) is 2.10. The standard InChI is InChI=1S/C21H27N3O2S/c1-4-8-17(25)12-24(11-16-9-6-5-7-10-16)13-18-22-20(26)19-14(2)15(3)27-21(19)23-18/h5-7,9-10,17,25H,4,8,11-13H2,1-3H3,(H,22,23,26). The molecule has 6 heteroatoms. The van der Waals surface area contributed by atoms with Crippen molar-refractivity contribution in [2.45, 2.75) is 52.8 Å². The molecule has 1 unspecified atom stereocenters. The molecule has 2 N–H and O–H groups in total. The molecule has 144 valence electrons. The van der Waals surface area contributed by atoms with Crippen LogP contribution in [0.5, 0.6) is 0 Å². The summed E-state index contributed by atoms with van der Waals surface area (Å²) < 4.78 is 0. The summed E-state index contributed by atoms with van der Waals surface area (Å²) in [6.07, 6.45) is 1.31. The van der Waals surface area contributed by atoms with Crippen LogP contribution in [0.1, 0.15) is 41.6 Å². The molecule has 0 aliphatic heterocycles.